The second-order valence-corrected chi connectivity index (χ2v) is 5.02. The zero-order valence-electron chi connectivity index (χ0n) is 9.70. The van der Waals surface area contributed by atoms with Crippen molar-refractivity contribution in [3.8, 4) is 0 Å². The zero-order valence-corrected chi connectivity index (χ0v) is 11.3. The Morgan fingerprint density at radius 1 is 1.50 bits per heavy atom. The van der Waals surface area contributed by atoms with E-state index in [0.717, 1.165) is 16.6 Å². The van der Waals surface area contributed by atoms with E-state index in [4.69, 9.17) is 5.73 Å². The Morgan fingerprint density at radius 3 is 2.88 bits per heavy atom. The normalized spacial score (nSPS) is 11.9. The minimum atomic E-state index is 0.508. The smallest absolute Gasteiger partial charge is 0.188 e. The van der Waals surface area contributed by atoms with E-state index in [1.54, 1.807) is 0 Å². The average Bonchev–Trinajstić information content (AvgIpc) is 2.23. The molecular weight excluding hydrogens is 266 g/mol. The van der Waals surface area contributed by atoms with E-state index in [9.17, 15) is 0 Å². The third-order valence-electron chi connectivity index (χ3n) is 2.01. The molecule has 0 aromatic heterocycles. The van der Waals surface area contributed by atoms with Crippen molar-refractivity contribution < 1.29 is 0 Å². The highest BCUT2D eigenvalue weighted by atomic mass is 79.9. The van der Waals surface area contributed by atoms with Crippen LogP contribution in [0.4, 0.5) is 0 Å². The fraction of sp³-hybridized carbons (Fsp3) is 0.417. The van der Waals surface area contributed by atoms with Gasteiger partial charge in [0.15, 0.2) is 5.96 Å². The highest BCUT2D eigenvalue weighted by Gasteiger charge is 1.96. The number of rotatable bonds is 4. The molecule has 4 heteroatoms. The van der Waals surface area contributed by atoms with Gasteiger partial charge in [0.1, 0.15) is 0 Å². The van der Waals surface area contributed by atoms with Gasteiger partial charge >= 0.3 is 0 Å². The maximum absolute atomic E-state index is 5.74. The van der Waals surface area contributed by atoms with E-state index in [2.05, 4.69) is 40.1 Å². The third kappa shape index (κ3) is 5.16. The number of halogens is 1. The Morgan fingerprint density at radius 2 is 2.25 bits per heavy atom. The van der Waals surface area contributed by atoms with Crippen LogP contribution in [0.3, 0.4) is 0 Å². The number of nitrogens with zero attached hydrogens (tertiary/aromatic N) is 1. The summed E-state index contributed by atoms with van der Waals surface area (Å²) in [4.78, 5) is 4.27. The lowest BCUT2D eigenvalue weighted by molar-refractivity contribution is 0.622. The van der Waals surface area contributed by atoms with Crippen LogP contribution in [0.25, 0.3) is 0 Å². The molecule has 1 aromatic rings. The summed E-state index contributed by atoms with van der Waals surface area (Å²) in [5.41, 5.74) is 6.88. The van der Waals surface area contributed by atoms with Crippen molar-refractivity contribution in [1.82, 2.24) is 5.32 Å². The van der Waals surface area contributed by atoms with Crippen molar-refractivity contribution in [2.24, 2.45) is 16.6 Å². The molecule has 16 heavy (non-hydrogen) atoms. The van der Waals surface area contributed by atoms with Crippen LogP contribution in [-0.2, 0) is 6.54 Å². The molecule has 3 N–H and O–H groups in total. The topological polar surface area (TPSA) is 50.4 Å². The second-order valence-electron chi connectivity index (χ2n) is 4.11. The summed E-state index contributed by atoms with van der Waals surface area (Å²) in [7, 11) is 0. The van der Waals surface area contributed by atoms with E-state index >= 15 is 0 Å². The van der Waals surface area contributed by atoms with Crippen molar-refractivity contribution in [1.29, 1.82) is 0 Å². The molecule has 0 spiro atoms. The Hall–Kier alpha value is -1.03. The fourth-order valence-corrected chi connectivity index (χ4v) is 1.62. The Balaban J connectivity index is 2.46. The predicted molar refractivity (Wildman–Crippen MR) is 72.3 cm³/mol. The van der Waals surface area contributed by atoms with E-state index < -0.39 is 0 Å². The molecule has 1 aromatic carbocycles. The van der Waals surface area contributed by atoms with Crippen LogP contribution in [0.5, 0.6) is 0 Å². The summed E-state index contributed by atoms with van der Waals surface area (Å²) in [5, 5.41) is 3.08. The quantitative estimate of drug-likeness (QED) is 0.659. The van der Waals surface area contributed by atoms with Gasteiger partial charge in [0.2, 0.25) is 0 Å². The van der Waals surface area contributed by atoms with Gasteiger partial charge in [-0.2, -0.15) is 0 Å². The van der Waals surface area contributed by atoms with Crippen LogP contribution in [0.15, 0.2) is 33.7 Å². The zero-order chi connectivity index (χ0) is 12.0. The van der Waals surface area contributed by atoms with E-state index in [1.165, 1.54) is 0 Å². The Bertz CT molecular complexity index is 361. The number of hydrogen-bond acceptors (Lipinski definition) is 1. The molecule has 0 aliphatic heterocycles. The molecule has 0 saturated carbocycles. The van der Waals surface area contributed by atoms with Crippen LogP contribution in [0, 0.1) is 5.92 Å². The number of nitrogens with one attached hydrogen (secondary N) is 1. The van der Waals surface area contributed by atoms with Gasteiger partial charge in [0.25, 0.3) is 0 Å². The summed E-state index contributed by atoms with van der Waals surface area (Å²) >= 11 is 3.42. The minimum absolute atomic E-state index is 0.508. The van der Waals surface area contributed by atoms with Gasteiger partial charge in [-0.25, -0.2) is 4.99 Å². The summed E-state index contributed by atoms with van der Waals surface area (Å²) in [6, 6.07) is 8.06. The predicted octanol–water partition coefficient (Wildman–Crippen LogP) is 2.51. The molecule has 0 atom stereocenters. The summed E-state index contributed by atoms with van der Waals surface area (Å²) in [5.74, 6) is 1.08. The molecule has 0 fully saturated rings. The Kier molecular flexibility index (Phi) is 5.32. The van der Waals surface area contributed by atoms with E-state index in [1.807, 2.05) is 24.3 Å². The van der Waals surface area contributed by atoms with Gasteiger partial charge in [-0.3, -0.25) is 0 Å². The second kappa shape index (κ2) is 6.53. The van der Waals surface area contributed by atoms with E-state index in [0.29, 0.717) is 18.4 Å². The standard InChI is InChI=1S/C12H18BrN3/c1-9(2)7-15-12(14)16-8-10-4-3-5-11(13)6-10/h3-6,9H,7-8H2,1-2H3,(H3,14,15,16). The third-order valence-corrected chi connectivity index (χ3v) is 2.51. The first-order valence-corrected chi connectivity index (χ1v) is 6.15. The van der Waals surface area contributed by atoms with Gasteiger partial charge in [-0.15, -0.1) is 0 Å². The molecule has 0 aliphatic rings. The summed E-state index contributed by atoms with van der Waals surface area (Å²) < 4.78 is 1.06. The van der Waals surface area contributed by atoms with Gasteiger partial charge in [0.05, 0.1) is 6.54 Å². The highest BCUT2D eigenvalue weighted by Crippen LogP contribution is 2.12. The Labute approximate surface area is 105 Å². The number of hydrogen-bond donors (Lipinski definition) is 2. The van der Waals surface area contributed by atoms with Crippen LogP contribution < -0.4 is 11.1 Å². The lowest BCUT2D eigenvalue weighted by Gasteiger charge is -2.07. The molecule has 1 rings (SSSR count). The first kappa shape index (κ1) is 13.0. The molecule has 0 unspecified atom stereocenters. The maximum atomic E-state index is 5.74. The highest BCUT2D eigenvalue weighted by molar-refractivity contribution is 9.10. The van der Waals surface area contributed by atoms with Crippen molar-refractivity contribution >= 4 is 21.9 Å². The largest absolute Gasteiger partial charge is 0.370 e. The van der Waals surface area contributed by atoms with Gasteiger partial charge < -0.3 is 11.1 Å². The maximum Gasteiger partial charge on any atom is 0.188 e. The number of aliphatic imine (C=N–C) groups is 1. The average molecular weight is 284 g/mol. The number of guanidine groups is 1. The van der Waals surface area contributed by atoms with Crippen molar-refractivity contribution in [2.75, 3.05) is 6.54 Å². The molecule has 0 radical (unpaired) electrons. The molecule has 0 amide bonds. The number of benzene rings is 1. The summed E-state index contributed by atoms with van der Waals surface area (Å²) in [6.45, 7) is 5.73. The van der Waals surface area contributed by atoms with Gasteiger partial charge in [0, 0.05) is 11.0 Å². The first-order valence-electron chi connectivity index (χ1n) is 5.36. The van der Waals surface area contributed by atoms with Crippen LogP contribution in [0.1, 0.15) is 19.4 Å². The number of nitrogens with two attached hydrogens (primary N) is 1. The fourth-order valence-electron chi connectivity index (χ4n) is 1.18. The van der Waals surface area contributed by atoms with Crippen LogP contribution in [0.2, 0.25) is 0 Å². The monoisotopic (exact) mass is 283 g/mol. The molecule has 0 saturated heterocycles. The van der Waals surface area contributed by atoms with Crippen LogP contribution in [-0.4, -0.2) is 12.5 Å². The SMILES string of the molecule is CC(C)CNC(N)=NCc1cccc(Br)c1. The van der Waals surface area contributed by atoms with Gasteiger partial charge in [-0.05, 0) is 23.6 Å². The first-order chi connectivity index (χ1) is 7.58. The van der Waals surface area contributed by atoms with Crippen molar-refractivity contribution in [2.45, 2.75) is 20.4 Å². The molecule has 0 bridgehead atoms. The van der Waals surface area contributed by atoms with Gasteiger partial charge in [-0.1, -0.05) is 41.9 Å². The molecule has 0 heterocycles. The van der Waals surface area contributed by atoms with E-state index in [-0.39, 0.29) is 0 Å². The molecule has 0 aliphatic carbocycles. The molecule has 88 valence electrons. The minimum Gasteiger partial charge on any atom is -0.370 e. The van der Waals surface area contributed by atoms with Crippen molar-refractivity contribution in [3.05, 3.63) is 34.3 Å². The van der Waals surface area contributed by atoms with Crippen LogP contribution >= 0.6 is 15.9 Å². The van der Waals surface area contributed by atoms with Crippen molar-refractivity contribution in [3.63, 3.8) is 0 Å². The lowest BCUT2D eigenvalue weighted by atomic mass is 10.2. The lowest BCUT2D eigenvalue weighted by Crippen LogP contribution is -2.34. The summed E-state index contributed by atoms with van der Waals surface area (Å²) in [6.07, 6.45) is 0. The molecular formula is C12H18BrN3. The molecule has 3 nitrogen and oxygen atoms in total.